The minimum absolute atomic E-state index is 1.02. The van der Waals surface area contributed by atoms with Crippen LogP contribution in [0, 0.1) is 0 Å². The Bertz CT molecular complexity index is 64.3. The van der Waals surface area contributed by atoms with Crippen LogP contribution in [0.2, 0.25) is 0 Å². The van der Waals surface area contributed by atoms with Gasteiger partial charge in [0.2, 0.25) is 0 Å². The van der Waals surface area contributed by atoms with Gasteiger partial charge in [0, 0.05) is 6.67 Å². The van der Waals surface area contributed by atoms with Gasteiger partial charge < -0.3 is 5.32 Å². The molecule has 0 amide bonds. The minimum atomic E-state index is 1.02. The van der Waals surface area contributed by atoms with Crippen LogP contribution >= 0.6 is 0 Å². The van der Waals surface area contributed by atoms with Gasteiger partial charge in [-0.3, -0.25) is 4.90 Å². The van der Waals surface area contributed by atoms with Gasteiger partial charge in [-0.15, -0.1) is 0 Å². The van der Waals surface area contributed by atoms with Gasteiger partial charge in [0.15, 0.2) is 0 Å². The fourth-order valence-electron chi connectivity index (χ4n) is 0.683. The van der Waals surface area contributed by atoms with Gasteiger partial charge in [-0.2, -0.15) is 0 Å². The van der Waals surface area contributed by atoms with E-state index >= 15 is 0 Å². The molecule has 0 saturated carbocycles. The molecule has 0 aromatic carbocycles. The molecule has 0 atom stereocenters. The Kier molecular flexibility index (Phi) is 6.98. The first-order valence-corrected chi connectivity index (χ1v) is 4.20. The maximum Gasteiger partial charge on any atom is 0.0477 e. The van der Waals surface area contributed by atoms with E-state index in [-0.39, 0.29) is 0 Å². The van der Waals surface area contributed by atoms with Crippen molar-refractivity contribution in [1.29, 1.82) is 0 Å². The lowest BCUT2D eigenvalue weighted by Crippen LogP contribution is -2.31. The molecule has 0 spiro atoms. The van der Waals surface area contributed by atoms with Gasteiger partial charge in [-0.25, -0.2) is 0 Å². The van der Waals surface area contributed by atoms with Crippen molar-refractivity contribution in [3.63, 3.8) is 0 Å². The second-order valence-electron chi connectivity index (χ2n) is 2.68. The summed E-state index contributed by atoms with van der Waals surface area (Å²) in [6, 6.07) is 0. The first kappa shape index (κ1) is 9.92. The van der Waals surface area contributed by atoms with Crippen molar-refractivity contribution in [2.75, 3.05) is 26.8 Å². The highest BCUT2D eigenvalue weighted by Crippen LogP contribution is 1.82. The van der Waals surface area contributed by atoms with E-state index in [1.165, 1.54) is 12.8 Å². The van der Waals surface area contributed by atoms with Crippen LogP contribution in [0.5, 0.6) is 0 Å². The van der Waals surface area contributed by atoms with Gasteiger partial charge in [-0.05, 0) is 26.6 Å². The van der Waals surface area contributed by atoms with E-state index < -0.39 is 0 Å². The quantitative estimate of drug-likeness (QED) is 0.446. The molecule has 0 radical (unpaired) electrons. The van der Waals surface area contributed by atoms with E-state index in [4.69, 9.17) is 0 Å². The molecule has 0 aliphatic carbocycles. The maximum atomic E-state index is 3.36. The Hall–Kier alpha value is -0.0800. The average molecular weight is 144 g/mol. The number of nitrogens with one attached hydrogen (secondary N) is 1. The molecule has 10 heavy (non-hydrogen) atoms. The summed E-state index contributed by atoms with van der Waals surface area (Å²) in [4.78, 5) is 2.26. The third-order valence-electron chi connectivity index (χ3n) is 1.63. The van der Waals surface area contributed by atoms with Crippen LogP contribution in [0.4, 0.5) is 0 Å². The number of unbranched alkanes of at least 4 members (excludes halogenated alkanes) is 1. The van der Waals surface area contributed by atoms with Crippen LogP contribution in [-0.4, -0.2) is 31.7 Å². The zero-order valence-electron chi connectivity index (χ0n) is 7.48. The summed E-state index contributed by atoms with van der Waals surface area (Å²) < 4.78 is 0. The molecule has 0 aromatic rings. The summed E-state index contributed by atoms with van der Waals surface area (Å²) >= 11 is 0. The predicted molar refractivity (Wildman–Crippen MR) is 46.1 cm³/mol. The highest BCUT2D eigenvalue weighted by molar-refractivity contribution is 4.46. The fourth-order valence-corrected chi connectivity index (χ4v) is 0.683. The van der Waals surface area contributed by atoms with Gasteiger partial charge in [-0.1, -0.05) is 20.3 Å². The molecule has 0 bridgehead atoms. The van der Waals surface area contributed by atoms with E-state index in [9.17, 15) is 0 Å². The molecule has 0 rings (SSSR count). The second-order valence-corrected chi connectivity index (χ2v) is 2.68. The number of rotatable bonds is 6. The zero-order chi connectivity index (χ0) is 7.82. The molecule has 0 saturated heterocycles. The van der Waals surface area contributed by atoms with Crippen molar-refractivity contribution in [1.82, 2.24) is 10.2 Å². The summed E-state index contributed by atoms with van der Waals surface area (Å²) in [5.41, 5.74) is 0. The molecule has 2 heteroatoms. The molecule has 62 valence electrons. The van der Waals surface area contributed by atoms with E-state index in [0.717, 1.165) is 19.8 Å². The lowest BCUT2D eigenvalue weighted by Gasteiger charge is -2.13. The number of hydrogen-bond acceptors (Lipinski definition) is 2. The normalized spacial score (nSPS) is 10.8. The standard InChI is InChI=1S/C8H20N2/c1-4-6-7-9-8-10(3)5-2/h9H,4-8H2,1-3H3. The first-order chi connectivity index (χ1) is 4.81. The van der Waals surface area contributed by atoms with Crippen LogP contribution in [0.25, 0.3) is 0 Å². The van der Waals surface area contributed by atoms with Crippen LogP contribution in [0.1, 0.15) is 26.7 Å². The monoisotopic (exact) mass is 144 g/mol. The lowest BCUT2D eigenvalue weighted by molar-refractivity contribution is 0.321. The highest BCUT2D eigenvalue weighted by Gasteiger charge is 1.90. The van der Waals surface area contributed by atoms with Crippen molar-refractivity contribution < 1.29 is 0 Å². The van der Waals surface area contributed by atoms with Crippen LogP contribution in [-0.2, 0) is 0 Å². The molecular weight excluding hydrogens is 124 g/mol. The second kappa shape index (κ2) is 7.03. The number of hydrogen-bond donors (Lipinski definition) is 1. The molecule has 2 nitrogen and oxygen atoms in total. The largest absolute Gasteiger partial charge is 0.304 e. The molecule has 1 N–H and O–H groups in total. The van der Waals surface area contributed by atoms with Crippen molar-refractivity contribution in [3.8, 4) is 0 Å². The van der Waals surface area contributed by atoms with Gasteiger partial charge in [0.05, 0.1) is 0 Å². The Morgan fingerprint density at radius 2 is 2.00 bits per heavy atom. The van der Waals surface area contributed by atoms with Crippen LogP contribution < -0.4 is 5.32 Å². The topological polar surface area (TPSA) is 15.3 Å². The molecular formula is C8H20N2. The van der Waals surface area contributed by atoms with E-state index in [2.05, 4.69) is 31.1 Å². The Balaban J connectivity index is 2.89. The van der Waals surface area contributed by atoms with Crippen LogP contribution in [0.3, 0.4) is 0 Å². The Labute approximate surface area is 64.6 Å². The SMILES string of the molecule is CCCCNCN(C)CC. The molecule has 0 aliphatic heterocycles. The number of nitrogens with zero attached hydrogens (tertiary/aromatic N) is 1. The predicted octanol–water partition coefficient (Wildman–Crippen LogP) is 1.29. The van der Waals surface area contributed by atoms with Crippen LogP contribution in [0.15, 0.2) is 0 Å². The van der Waals surface area contributed by atoms with E-state index in [1.54, 1.807) is 0 Å². The smallest absolute Gasteiger partial charge is 0.0477 e. The average Bonchev–Trinajstić information content (AvgIpc) is 1.98. The zero-order valence-corrected chi connectivity index (χ0v) is 7.48. The summed E-state index contributed by atoms with van der Waals surface area (Å²) in [5.74, 6) is 0. The molecule has 0 heterocycles. The molecule has 0 unspecified atom stereocenters. The molecule has 0 fully saturated rings. The summed E-state index contributed by atoms with van der Waals surface area (Å²) in [6.07, 6.45) is 2.57. The molecule has 0 aromatic heterocycles. The third kappa shape index (κ3) is 6.05. The summed E-state index contributed by atoms with van der Waals surface area (Å²) in [5, 5.41) is 3.36. The fraction of sp³-hybridized carbons (Fsp3) is 1.00. The third-order valence-corrected chi connectivity index (χ3v) is 1.63. The first-order valence-electron chi connectivity index (χ1n) is 4.20. The van der Waals surface area contributed by atoms with Crippen molar-refractivity contribution in [3.05, 3.63) is 0 Å². The Morgan fingerprint density at radius 3 is 2.50 bits per heavy atom. The highest BCUT2D eigenvalue weighted by atomic mass is 15.2. The molecule has 0 aliphatic rings. The van der Waals surface area contributed by atoms with Gasteiger partial charge >= 0.3 is 0 Å². The van der Waals surface area contributed by atoms with Crippen molar-refractivity contribution in [2.24, 2.45) is 0 Å². The van der Waals surface area contributed by atoms with Crippen molar-refractivity contribution >= 4 is 0 Å². The minimum Gasteiger partial charge on any atom is -0.304 e. The van der Waals surface area contributed by atoms with E-state index in [0.29, 0.717) is 0 Å². The summed E-state index contributed by atoms with van der Waals surface area (Å²) in [7, 11) is 2.12. The van der Waals surface area contributed by atoms with Gasteiger partial charge in [0.1, 0.15) is 0 Å². The van der Waals surface area contributed by atoms with Crippen molar-refractivity contribution in [2.45, 2.75) is 26.7 Å². The van der Waals surface area contributed by atoms with E-state index in [1.807, 2.05) is 0 Å². The summed E-state index contributed by atoms with van der Waals surface area (Å²) in [6.45, 7) is 7.68. The van der Waals surface area contributed by atoms with Gasteiger partial charge in [0.25, 0.3) is 0 Å². The maximum absolute atomic E-state index is 3.36. The Morgan fingerprint density at radius 1 is 1.30 bits per heavy atom. The lowest BCUT2D eigenvalue weighted by atomic mass is 10.3.